The summed E-state index contributed by atoms with van der Waals surface area (Å²) in [5.41, 5.74) is 2.46. The van der Waals surface area contributed by atoms with Gasteiger partial charge in [-0.1, -0.05) is 24.3 Å². The van der Waals surface area contributed by atoms with Crippen LogP contribution in [0.1, 0.15) is 11.7 Å². The summed E-state index contributed by atoms with van der Waals surface area (Å²) in [7, 11) is 1.60. The summed E-state index contributed by atoms with van der Waals surface area (Å²) in [4.78, 5) is 4.42. The van der Waals surface area contributed by atoms with Crippen molar-refractivity contribution in [2.45, 2.75) is 13.2 Å². The van der Waals surface area contributed by atoms with Gasteiger partial charge in [-0.15, -0.1) is 10.2 Å². The lowest BCUT2D eigenvalue weighted by Crippen LogP contribution is -2.05. The molecule has 0 spiro atoms. The average Bonchev–Trinajstić information content (AvgIpc) is 3.27. The Morgan fingerprint density at radius 2 is 1.88 bits per heavy atom. The van der Waals surface area contributed by atoms with Gasteiger partial charge in [0.15, 0.2) is 0 Å². The van der Waals surface area contributed by atoms with E-state index < -0.39 is 0 Å². The average molecular weight is 336 g/mol. The molecule has 7 heteroatoms. The van der Waals surface area contributed by atoms with Gasteiger partial charge >= 0.3 is 0 Å². The number of ether oxygens (including phenoxy) is 1. The molecule has 0 saturated carbocycles. The molecule has 0 bridgehead atoms. The van der Waals surface area contributed by atoms with E-state index in [0.717, 1.165) is 16.6 Å². The smallest absolute Gasteiger partial charge is 0.251 e. The van der Waals surface area contributed by atoms with Crippen LogP contribution in [0.25, 0.3) is 22.5 Å². The lowest BCUT2D eigenvalue weighted by atomic mass is 10.2. The van der Waals surface area contributed by atoms with Crippen LogP contribution in [0.15, 0.2) is 52.9 Å². The minimum atomic E-state index is -0.165. The zero-order valence-corrected chi connectivity index (χ0v) is 13.6. The van der Waals surface area contributed by atoms with Gasteiger partial charge in [0.1, 0.15) is 24.7 Å². The van der Waals surface area contributed by atoms with Gasteiger partial charge in [0.2, 0.25) is 5.89 Å². The molecule has 0 aliphatic rings. The molecule has 0 atom stereocenters. The van der Waals surface area contributed by atoms with Crippen LogP contribution in [-0.4, -0.2) is 32.0 Å². The number of hydrogen-bond donors (Lipinski definition) is 1. The molecule has 0 unspecified atom stereocenters. The normalized spacial score (nSPS) is 11.1. The fourth-order valence-electron chi connectivity index (χ4n) is 2.81. The Labute approximate surface area is 143 Å². The molecule has 0 radical (unpaired) electrons. The third-order valence-corrected chi connectivity index (χ3v) is 3.97. The van der Waals surface area contributed by atoms with Crippen molar-refractivity contribution >= 4 is 11.0 Å². The van der Waals surface area contributed by atoms with Crippen molar-refractivity contribution in [1.29, 1.82) is 0 Å². The molecule has 1 N–H and O–H groups in total. The largest absolute Gasteiger partial charge is 0.496 e. The predicted octanol–water partition coefficient (Wildman–Crippen LogP) is 2.64. The monoisotopic (exact) mass is 336 g/mol. The van der Waals surface area contributed by atoms with Crippen molar-refractivity contribution in [3.05, 3.63) is 60.2 Å². The number of methoxy groups -OCH3 is 1. The van der Waals surface area contributed by atoms with Gasteiger partial charge in [-0.05, 0) is 24.3 Å². The highest BCUT2D eigenvalue weighted by molar-refractivity contribution is 5.76. The van der Waals surface area contributed by atoms with E-state index in [2.05, 4.69) is 15.2 Å². The Balaban J connectivity index is 1.70. The van der Waals surface area contributed by atoms with E-state index in [1.807, 2.05) is 53.1 Å². The summed E-state index contributed by atoms with van der Waals surface area (Å²) < 4.78 is 13.0. The summed E-state index contributed by atoms with van der Waals surface area (Å²) >= 11 is 0. The molecule has 2 aromatic heterocycles. The molecule has 0 amide bonds. The summed E-state index contributed by atoms with van der Waals surface area (Å²) in [5.74, 6) is 2.04. The maximum absolute atomic E-state index is 9.58. The number of benzene rings is 2. The van der Waals surface area contributed by atoms with Crippen LogP contribution in [0.3, 0.4) is 0 Å². The molecule has 126 valence electrons. The van der Waals surface area contributed by atoms with Crippen LogP contribution >= 0.6 is 0 Å². The molecule has 25 heavy (non-hydrogen) atoms. The lowest BCUT2D eigenvalue weighted by Gasteiger charge is -2.05. The van der Waals surface area contributed by atoms with Gasteiger partial charge in [-0.2, -0.15) is 0 Å². The quantitative estimate of drug-likeness (QED) is 0.603. The van der Waals surface area contributed by atoms with Gasteiger partial charge in [0.05, 0.1) is 23.7 Å². The Morgan fingerprint density at radius 1 is 1.08 bits per heavy atom. The fourth-order valence-corrected chi connectivity index (χ4v) is 2.81. The Bertz CT molecular complexity index is 1020. The second-order valence-electron chi connectivity index (χ2n) is 5.46. The van der Waals surface area contributed by atoms with Crippen molar-refractivity contribution < 1.29 is 14.3 Å². The van der Waals surface area contributed by atoms with Crippen molar-refractivity contribution in [2.24, 2.45) is 0 Å². The number of imidazole rings is 1. The minimum Gasteiger partial charge on any atom is -0.496 e. The molecule has 0 aliphatic carbocycles. The summed E-state index contributed by atoms with van der Waals surface area (Å²) in [5, 5.41) is 17.8. The van der Waals surface area contributed by atoms with Crippen molar-refractivity contribution in [3.8, 4) is 17.2 Å². The molecule has 0 saturated heterocycles. The SMILES string of the molecule is COc1ccccc1-c1nnc(Cn2c(CO)nc3ccccc32)o1. The molecular formula is C18H16N4O3. The van der Waals surface area contributed by atoms with Crippen LogP contribution in [-0.2, 0) is 13.2 Å². The van der Waals surface area contributed by atoms with Crippen molar-refractivity contribution in [3.63, 3.8) is 0 Å². The van der Waals surface area contributed by atoms with Gasteiger partial charge in [-0.3, -0.25) is 0 Å². The van der Waals surface area contributed by atoms with Crippen LogP contribution in [0.2, 0.25) is 0 Å². The number of nitrogens with zero attached hydrogens (tertiary/aromatic N) is 4. The second-order valence-corrected chi connectivity index (χ2v) is 5.46. The summed E-state index contributed by atoms with van der Waals surface area (Å²) in [6.45, 7) is 0.167. The number of aliphatic hydroxyl groups is 1. The van der Waals surface area contributed by atoms with Crippen LogP contribution < -0.4 is 4.74 Å². The zero-order chi connectivity index (χ0) is 17.2. The first kappa shape index (κ1) is 15.3. The number of fused-ring (bicyclic) bond motifs is 1. The van der Waals surface area contributed by atoms with Crippen molar-refractivity contribution in [1.82, 2.24) is 19.7 Å². The Morgan fingerprint density at radius 3 is 2.72 bits per heavy atom. The third kappa shape index (κ3) is 2.74. The van der Waals surface area contributed by atoms with Gasteiger partial charge in [0, 0.05) is 0 Å². The number of hydrogen-bond acceptors (Lipinski definition) is 6. The van der Waals surface area contributed by atoms with Gasteiger partial charge in [-0.25, -0.2) is 4.98 Å². The van der Waals surface area contributed by atoms with Crippen molar-refractivity contribution in [2.75, 3.05) is 7.11 Å². The highest BCUT2D eigenvalue weighted by atomic mass is 16.5. The van der Waals surface area contributed by atoms with Crippen LogP contribution in [0, 0.1) is 0 Å². The lowest BCUT2D eigenvalue weighted by molar-refractivity contribution is 0.266. The first-order valence-corrected chi connectivity index (χ1v) is 7.81. The van der Waals surface area contributed by atoms with E-state index in [-0.39, 0.29) is 6.61 Å². The highest BCUT2D eigenvalue weighted by Crippen LogP contribution is 2.28. The fraction of sp³-hybridized carbons (Fsp3) is 0.167. The third-order valence-electron chi connectivity index (χ3n) is 3.97. The van der Waals surface area contributed by atoms with Gasteiger partial charge < -0.3 is 18.8 Å². The Kier molecular flexibility index (Phi) is 3.91. The van der Waals surface area contributed by atoms with E-state index in [4.69, 9.17) is 9.15 Å². The summed E-state index contributed by atoms with van der Waals surface area (Å²) in [6, 6.07) is 15.1. The van der Waals surface area contributed by atoms with E-state index in [1.54, 1.807) is 7.11 Å². The van der Waals surface area contributed by atoms with Crippen LogP contribution in [0.5, 0.6) is 5.75 Å². The minimum absolute atomic E-state index is 0.165. The standard InChI is InChI=1S/C18H16N4O3/c1-24-15-9-5-2-6-12(15)18-21-20-17(25-18)10-22-14-8-4-3-7-13(14)19-16(22)11-23/h2-9,23H,10-11H2,1H3. The van der Waals surface area contributed by atoms with E-state index in [1.165, 1.54) is 0 Å². The zero-order valence-electron chi connectivity index (χ0n) is 13.6. The second kappa shape index (κ2) is 6.37. The van der Waals surface area contributed by atoms with Gasteiger partial charge in [0.25, 0.3) is 5.89 Å². The number of aliphatic hydroxyl groups excluding tert-OH is 1. The molecule has 4 aromatic rings. The number of rotatable bonds is 5. The molecular weight excluding hydrogens is 320 g/mol. The van der Waals surface area contributed by atoms with E-state index >= 15 is 0 Å². The first-order chi connectivity index (χ1) is 12.3. The predicted molar refractivity (Wildman–Crippen MR) is 91.0 cm³/mol. The van der Waals surface area contributed by atoms with Crippen LogP contribution in [0.4, 0.5) is 0 Å². The summed E-state index contributed by atoms with van der Waals surface area (Å²) in [6.07, 6.45) is 0. The highest BCUT2D eigenvalue weighted by Gasteiger charge is 2.16. The Hall–Kier alpha value is -3.19. The number of aromatic nitrogens is 4. The van der Waals surface area contributed by atoms with E-state index in [9.17, 15) is 5.11 Å². The number of para-hydroxylation sites is 3. The molecule has 0 aliphatic heterocycles. The molecule has 2 aromatic carbocycles. The van der Waals surface area contributed by atoms with E-state index in [0.29, 0.717) is 29.9 Å². The molecule has 7 nitrogen and oxygen atoms in total. The molecule has 4 rings (SSSR count). The maximum Gasteiger partial charge on any atom is 0.251 e. The maximum atomic E-state index is 9.58. The first-order valence-electron chi connectivity index (χ1n) is 7.81. The topological polar surface area (TPSA) is 86.2 Å². The molecule has 0 fully saturated rings. The molecule has 2 heterocycles.